The first-order chi connectivity index (χ1) is 11.5. The van der Waals surface area contributed by atoms with Gasteiger partial charge in [-0.2, -0.15) is 0 Å². The fourth-order valence-electron chi connectivity index (χ4n) is 3.73. The summed E-state index contributed by atoms with van der Waals surface area (Å²) in [7, 11) is 0. The average molecular weight is 391 g/mol. The molecule has 2 atom stereocenters. The van der Waals surface area contributed by atoms with Crippen molar-refractivity contribution in [3.63, 3.8) is 0 Å². The van der Waals surface area contributed by atoms with Crippen LogP contribution in [0.5, 0.6) is 0 Å². The lowest BCUT2D eigenvalue weighted by Crippen LogP contribution is -2.35. The van der Waals surface area contributed by atoms with E-state index in [1.165, 1.54) is 0 Å². The maximum absolute atomic E-state index is 12.8. The normalized spacial score (nSPS) is 22.2. The highest BCUT2D eigenvalue weighted by atomic mass is 79.9. The van der Waals surface area contributed by atoms with Crippen molar-refractivity contribution in [2.75, 3.05) is 13.2 Å². The third-order valence-corrected chi connectivity index (χ3v) is 5.38. The van der Waals surface area contributed by atoms with E-state index >= 15 is 0 Å². The molecule has 24 heavy (non-hydrogen) atoms. The number of nitrogens with zero attached hydrogens (tertiary/aromatic N) is 1. The van der Waals surface area contributed by atoms with Gasteiger partial charge in [-0.05, 0) is 43.9 Å². The van der Waals surface area contributed by atoms with Gasteiger partial charge in [0.1, 0.15) is 5.56 Å². The van der Waals surface area contributed by atoms with Crippen LogP contribution in [0, 0.1) is 0 Å². The van der Waals surface area contributed by atoms with Crippen molar-refractivity contribution in [1.82, 2.24) is 9.88 Å². The number of hydrogen-bond donors (Lipinski definition) is 1. The Morgan fingerprint density at radius 1 is 1.46 bits per heavy atom. The van der Waals surface area contributed by atoms with Gasteiger partial charge in [-0.1, -0.05) is 15.9 Å². The highest BCUT2D eigenvalue weighted by Crippen LogP contribution is 2.33. The molecule has 2 aliphatic rings. The maximum Gasteiger partial charge on any atom is 0.256 e. The number of halogens is 1. The van der Waals surface area contributed by atoms with E-state index in [4.69, 9.17) is 4.74 Å². The minimum absolute atomic E-state index is 0.0620. The molecule has 0 bridgehead atoms. The van der Waals surface area contributed by atoms with Gasteiger partial charge >= 0.3 is 0 Å². The molecule has 6 heteroatoms. The topological polar surface area (TPSA) is 60.3 Å². The third kappa shape index (κ3) is 2.58. The van der Waals surface area contributed by atoms with Gasteiger partial charge in [0.25, 0.3) is 5.91 Å². The van der Waals surface area contributed by atoms with E-state index in [1.807, 2.05) is 6.07 Å². The molecule has 0 radical (unpaired) electrons. The molecular weight excluding hydrogens is 372 g/mol. The molecule has 126 valence electrons. The van der Waals surface area contributed by atoms with Gasteiger partial charge in [0.15, 0.2) is 0 Å². The zero-order valence-corrected chi connectivity index (χ0v) is 15.1. The number of carbonyl (C=O) groups excluding carboxylic acids is 1. The lowest BCUT2D eigenvalue weighted by Gasteiger charge is -2.14. The Morgan fingerprint density at radius 2 is 2.29 bits per heavy atom. The number of aromatic nitrogens is 1. The van der Waals surface area contributed by atoms with Gasteiger partial charge < -0.3 is 14.6 Å². The van der Waals surface area contributed by atoms with Crippen LogP contribution in [0.3, 0.4) is 0 Å². The smallest absolute Gasteiger partial charge is 0.256 e. The molecule has 1 fully saturated rings. The number of amides is 1. The van der Waals surface area contributed by atoms with Gasteiger partial charge in [-0.25, -0.2) is 0 Å². The first kappa shape index (κ1) is 15.8. The Kier molecular flexibility index (Phi) is 3.96. The van der Waals surface area contributed by atoms with Crippen molar-refractivity contribution in [3.05, 3.63) is 44.2 Å². The second kappa shape index (κ2) is 6.01. The van der Waals surface area contributed by atoms with Gasteiger partial charge in [-0.3, -0.25) is 9.59 Å². The lowest BCUT2D eigenvalue weighted by molar-refractivity contribution is 0.0856. The van der Waals surface area contributed by atoms with Gasteiger partial charge in [0, 0.05) is 35.2 Å². The molecular formula is C18H19BrN2O3. The number of benzene rings is 1. The van der Waals surface area contributed by atoms with Crippen LogP contribution in [-0.4, -0.2) is 29.7 Å². The summed E-state index contributed by atoms with van der Waals surface area (Å²) < 4.78 is 8.45. The Bertz CT molecular complexity index is 884. The monoisotopic (exact) mass is 390 g/mol. The number of pyridine rings is 1. The van der Waals surface area contributed by atoms with E-state index in [0.29, 0.717) is 11.9 Å². The summed E-state index contributed by atoms with van der Waals surface area (Å²) in [6, 6.07) is 4.10. The second-order valence-electron chi connectivity index (χ2n) is 6.64. The van der Waals surface area contributed by atoms with Crippen molar-refractivity contribution < 1.29 is 9.53 Å². The summed E-state index contributed by atoms with van der Waals surface area (Å²) in [5.41, 5.74) is 2.10. The Hall–Kier alpha value is -1.66. The first-order valence-corrected chi connectivity index (χ1v) is 9.11. The van der Waals surface area contributed by atoms with Crippen molar-refractivity contribution in [3.8, 4) is 0 Å². The first-order valence-electron chi connectivity index (χ1n) is 8.31. The van der Waals surface area contributed by atoms with Gasteiger partial charge in [-0.15, -0.1) is 0 Å². The van der Waals surface area contributed by atoms with E-state index in [9.17, 15) is 9.59 Å². The number of hydrogen-bond acceptors (Lipinski definition) is 3. The largest absolute Gasteiger partial charge is 0.376 e. The van der Waals surface area contributed by atoms with E-state index in [-0.39, 0.29) is 29.0 Å². The van der Waals surface area contributed by atoms with Crippen LogP contribution in [0.15, 0.2) is 27.6 Å². The van der Waals surface area contributed by atoms with Crippen molar-refractivity contribution in [2.45, 2.75) is 38.3 Å². The molecule has 5 nitrogen and oxygen atoms in total. The van der Waals surface area contributed by atoms with Crippen LogP contribution in [0.25, 0.3) is 10.9 Å². The quantitative estimate of drug-likeness (QED) is 0.876. The number of nitrogens with one attached hydrogen (secondary N) is 1. The number of rotatable bonds is 3. The van der Waals surface area contributed by atoms with Crippen LogP contribution in [0.4, 0.5) is 0 Å². The van der Waals surface area contributed by atoms with E-state index in [2.05, 4.69) is 38.8 Å². The third-order valence-electron chi connectivity index (χ3n) is 4.92. The molecule has 0 spiro atoms. The van der Waals surface area contributed by atoms with Crippen LogP contribution in [-0.2, 0) is 11.2 Å². The van der Waals surface area contributed by atoms with E-state index in [1.54, 1.807) is 6.20 Å². The summed E-state index contributed by atoms with van der Waals surface area (Å²) in [5, 5.41) is 3.46. The predicted molar refractivity (Wildman–Crippen MR) is 95.6 cm³/mol. The molecule has 0 unspecified atom stereocenters. The molecule has 3 heterocycles. The van der Waals surface area contributed by atoms with Crippen LogP contribution >= 0.6 is 15.9 Å². The minimum atomic E-state index is -0.318. The van der Waals surface area contributed by atoms with Crippen LogP contribution in [0.2, 0.25) is 0 Å². The zero-order valence-electron chi connectivity index (χ0n) is 13.5. The molecule has 1 N–H and O–H groups in total. The SMILES string of the molecule is C[C@@H]1Cc2cc(Br)cc3c(=O)c(C(=O)NC[C@@H]4CCCO4)cn1c23. The molecule has 0 aliphatic carbocycles. The average Bonchev–Trinajstić information content (AvgIpc) is 3.16. The summed E-state index contributed by atoms with van der Waals surface area (Å²) in [6.07, 6.45) is 4.63. The molecule has 2 aliphatic heterocycles. The highest BCUT2D eigenvalue weighted by molar-refractivity contribution is 9.10. The van der Waals surface area contributed by atoms with Crippen molar-refractivity contribution in [2.24, 2.45) is 0 Å². The summed E-state index contributed by atoms with van der Waals surface area (Å²) in [4.78, 5) is 25.4. The van der Waals surface area contributed by atoms with Gasteiger partial charge in [0.2, 0.25) is 5.43 Å². The Morgan fingerprint density at radius 3 is 3.04 bits per heavy atom. The predicted octanol–water partition coefficient (Wildman–Crippen LogP) is 2.79. The minimum Gasteiger partial charge on any atom is -0.376 e. The molecule has 1 aromatic heterocycles. The second-order valence-corrected chi connectivity index (χ2v) is 7.55. The van der Waals surface area contributed by atoms with Crippen LogP contribution < -0.4 is 10.7 Å². The van der Waals surface area contributed by atoms with E-state index in [0.717, 1.165) is 41.4 Å². The molecule has 1 aromatic carbocycles. The maximum atomic E-state index is 12.8. The zero-order chi connectivity index (χ0) is 16.8. The Labute approximate surface area is 148 Å². The lowest BCUT2D eigenvalue weighted by atomic mass is 10.1. The van der Waals surface area contributed by atoms with E-state index < -0.39 is 0 Å². The molecule has 1 saturated heterocycles. The summed E-state index contributed by atoms with van der Waals surface area (Å²) in [5.74, 6) is -0.318. The fraction of sp³-hybridized carbons (Fsp3) is 0.444. The van der Waals surface area contributed by atoms with Gasteiger partial charge in [0.05, 0.1) is 11.6 Å². The summed E-state index contributed by atoms with van der Waals surface area (Å²) in [6.45, 7) is 3.30. The van der Waals surface area contributed by atoms with Crippen molar-refractivity contribution in [1.29, 1.82) is 0 Å². The number of ether oxygens (including phenoxy) is 1. The molecule has 4 rings (SSSR count). The van der Waals surface area contributed by atoms with Crippen LogP contribution in [0.1, 0.15) is 41.7 Å². The summed E-state index contributed by atoms with van der Waals surface area (Å²) >= 11 is 3.47. The molecule has 0 saturated carbocycles. The number of carbonyl (C=O) groups is 1. The molecule has 1 amide bonds. The molecule has 2 aromatic rings. The standard InChI is InChI=1S/C18H19BrN2O3/c1-10-5-11-6-12(19)7-14-16(11)21(10)9-15(17(14)22)18(23)20-8-13-3-2-4-24-13/h6-7,9-10,13H,2-5,8H2,1H3,(H,20,23)/t10-,13+/m1/s1. The highest BCUT2D eigenvalue weighted by Gasteiger charge is 2.25. The van der Waals surface area contributed by atoms with Crippen molar-refractivity contribution >= 4 is 32.7 Å². The fourth-order valence-corrected chi connectivity index (χ4v) is 4.23. The Balaban J connectivity index is 1.73.